The number of hydrogen-bond acceptors (Lipinski definition) is 5. The van der Waals surface area contributed by atoms with Crippen LogP contribution in [0.15, 0.2) is 23.0 Å². The van der Waals surface area contributed by atoms with Crippen LogP contribution in [0, 0.1) is 6.92 Å². The van der Waals surface area contributed by atoms with Crippen LogP contribution in [0.25, 0.3) is 0 Å². The number of amides is 1. The van der Waals surface area contributed by atoms with Gasteiger partial charge in [-0.1, -0.05) is 16.8 Å². The lowest BCUT2D eigenvalue weighted by atomic mass is 10.4. The van der Waals surface area contributed by atoms with Crippen molar-refractivity contribution in [1.29, 1.82) is 0 Å². The van der Waals surface area contributed by atoms with E-state index in [9.17, 15) is 4.79 Å². The lowest BCUT2D eigenvalue weighted by molar-refractivity contribution is 0.102. The smallest absolute Gasteiger partial charge is 0.277 e. The van der Waals surface area contributed by atoms with Crippen LogP contribution in [0.1, 0.15) is 16.2 Å². The predicted octanol–water partition coefficient (Wildman–Crippen LogP) is 1.68. The Morgan fingerprint density at radius 3 is 2.94 bits per heavy atom. The van der Waals surface area contributed by atoms with Gasteiger partial charge in [-0.25, -0.2) is 4.98 Å². The zero-order valence-electron chi connectivity index (χ0n) is 8.27. The zero-order valence-corrected chi connectivity index (χ0v) is 9.02. The van der Waals surface area contributed by atoms with Gasteiger partial charge in [0.05, 0.1) is 12.4 Å². The summed E-state index contributed by atoms with van der Waals surface area (Å²) in [5.74, 6) is 0.486. The summed E-state index contributed by atoms with van der Waals surface area (Å²) in [5.41, 5.74) is 0.119. The number of halogens is 1. The second-order valence-electron chi connectivity index (χ2n) is 3.00. The molecule has 1 N–H and O–H groups in total. The summed E-state index contributed by atoms with van der Waals surface area (Å²) >= 11 is 5.61. The van der Waals surface area contributed by atoms with Crippen molar-refractivity contribution in [2.45, 2.75) is 6.92 Å². The number of carbonyl (C=O) groups is 1. The SMILES string of the molecule is Cc1cc(NC(=O)c2cncc(Cl)n2)no1. The van der Waals surface area contributed by atoms with E-state index >= 15 is 0 Å². The summed E-state index contributed by atoms with van der Waals surface area (Å²) in [5, 5.41) is 6.27. The molecule has 0 saturated heterocycles. The minimum Gasteiger partial charge on any atom is -0.360 e. The molecule has 0 saturated carbocycles. The van der Waals surface area contributed by atoms with Crippen LogP contribution in [0.4, 0.5) is 5.82 Å². The number of aryl methyl sites for hydroxylation is 1. The van der Waals surface area contributed by atoms with Gasteiger partial charge in [0.25, 0.3) is 5.91 Å². The number of rotatable bonds is 2. The van der Waals surface area contributed by atoms with Gasteiger partial charge in [0, 0.05) is 6.07 Å². The van der Waals surface area contributed by atoms with Gasteiger partial charge in [-0.3, -0.25) is 9.78 Å². The molecule has 2 rings (SSSR count). The highest BCUT2D eigenvalue weighted by Gasteiger charge is 2.10. The molecule has 0 radical (unpaired) electrons. The van der Waals surface area contributed by atoms with Crippen molar-refractivity contribution >= 4 is 23.3 Å². The fraction of sp³-hybridized carbons (Fsp3) is 0.111. The lowest BCUT2D eigenvalue weighted by Crippen LogP contribution is -2.14. The van der Waals surface area contributed by atoms with E-state index in [4.69, 9.17) is 16.1 Å². The second kappa shape index (κ2) is 4.28. The van der Waals surface area contributed by atoms with E-state index in [1.54, 1.807) is 13.0 Å². The van der Waals surface area contributed by atoms with Crippen LogP contribution in [0.2, 0.25) is 5.15 Å². The highest BCUT2D eigenvalue weighted by Crippen LogP contribution is 2.09. The molecule has 0 fully saturated rings. The van der Waals surface area contributed by atoms with E-state index in [0.29, 0.717) is 11.6 Å². The zero-order chi connectivity index (χ0) is 11.5. The van der Waals surface area contributed by atoms with E-state index in [0.717, 1.165) is 0 Å². The first kappa shape index (κ1) is 10.6. The van der Waals surface area contributed by atoms with Crippen molar-refractivity contribution in [3.63, 3.8) is 0 Å². The van der Waals surface area contributed by atoms with Crippen LogP contribution in [-0.4, -0.2) is 21.0 Å². The van der Waals surface area contributed by atoms with E-state index in [2.05, 4.69) is 20.4 Å². The molecule has 0 spiro atoms. The summed E-state index contributed by atoms with van der Waals surface area (Å²) in [6.07, 6.45) is 2.66. The quantitative estimate of drug-likeness (QED) is 0.861. The minimum atomic E-state index is -0.441. The van der Waals surface area contributed by atoms with Crippen LogP contribution in [0.5, 0.6) is 0 Å². The average molecular weight is 239 g/mol. The first-order valence-electron chi connectivity index (χ1n) is 4.37. The minimum absolute atomic E-state index is 0.119. The topological polar surface area (TPSA) is 80.9 Å². The molecule has 2 aromatic heterocycles. The number of nitrogens with zero attached hydrogens (tertiary/aromatic N) is 3. The number of aromatic nitrogens is 3. The van der Waals surface area contributed by atoms with E-state index in [-0.39, 0.29) is 10.8 Å². The van der Waals surface area contributed by atoms with Crippen LogP contribution in [-0.2, 0) is 0 Å². The molecule has 82 valence electrons. The molecule has 2 heterocycles. The van der Waals surface area contributed by atoms with Crippen LogP contribution >= 0.6 is 11.6 Å². The van der Waals surface area contributed by atoms with Gasteiger partial charge in [-0.2, -0.15) is 0 Å². The Labute approximate surface area is 95.6 Å². The Hall–Kier alpha value is -1.95. The Morgan fingerprint density at radius 1 is 1.50 bits per heavy atom. The van der Waals surface area contributed by atoms with Gasteiger partial charge in [-0.05, 0) is 6.92 Å². The highest BCUT2D eigenvalue weighted by atomic mass is 35.5. The molecule has 2 aromatic rings. The first-order chi connectivity index (χ1) is 7.65. The third kappa shape index (κ3) is 2.34. The Bertz CT molecular complexity index is 526. The molecule has 0 unspecified atom stereocenters. The van der Waals surface area contributed by atoms with E-state index < -0.39 is 5.91 Å². The predicted molar refractivity (Wildman–Crippen MR) is 56.2 cm³/mol. The fourth-order valence-electron chi connectivity index (χ4n) is 1.06. The standard InChI is InChI=1S/C9H7ClN4O2/c1-5-2-8(14-16-5)13-9(15)6-3-11-4-7(10)12-6/h2-4H,1H3,(H,13,14,15). The molecule has 6 nitrogen and oxygen atoms in total. The summed E-state index contributed by atoms with van der Waals surface area (Å²) in [6.45, 7) is 1.72. The normalized spacial score (nSPS) is 10.1. The highest BCUT2D eigenvalue weighted by molar-refractivity contribution is 6.29. The number of hydrogen-bond donors (Lipinski definition) is 1. The molecule has 1 amide bonds. The Morgan fingerprint density at radius 2 is 2.31 bits per heavy atom. The molecule has 0 aliphatic rings. The first-order valence-corrected chi connectivity index (χ1v) is 4.75. The summed E-state index contributed by atoms with van der Waals surface area (Å²) in [7, 11) is 0. The molecule has 0 atom stereocenters. The molecular weight excluding hydrogens is 232 g/mol. The summed E-state index contributed by atoms with van der Waals surface area (Å²) < 4.78 is 4.80. The maximum atomic E-state index is 11.6. The lowest BCUT2D eigenvalue weighted by Gasteiger charge is -1.99. The maximum Gasteiger partial charge on any atom is 0.277 e. The van der Waals surface area contributed by atoms with Crippen molar-refractivity contribution in [2.75, 3.05) is 5.32 Å². The molecule has 0 aliphatic carbocycles. The van der Waals surface area contributed by atoms with Crippen molar-refractivity contribution in [3.05, 3.63) is 35.1 Å². The Balaban J connectivity index is 2.14. The van der Waals surface area contributed by atoms with Crippen LogP contribution in [0.3, 0.4) is 0 Å². The van der Waals surface area contributed by atoms with Crippen molar-refractivity contribution < 1.29 is 9.32 Å². The molecule has 16 heavy (non-hydrogen) atoms. The van der Waals surface area contributed by atoms with Crippen molar-refractivity contribution in [3.8, 4) is 0 Å². The number of carbonyl (C=O) groups excluding carboxylic acids is 1. The van der Waals surface area contributed by atoms with Gasteiger partial charge in [0.15, 0.2) is 5.82 Å². The molecule has 7 heteroatoms. The van der Waals surface area contributed by atoms with E-state index in [1.807, 2.05) is 0 Å². The van der Waals surface area contributed by atoms with Gasteiger partial charge < -0.3 is 9.84 Å². The van der Waals surface area contributed by atoms with Gasteiger partial charge in [0.2, 0.25) is 0 Å². The number of nitrogens with one attached hydrogen (secondary N) is 1. The van der Waals surface area contributed by atoms with Crippen LogP contribution < -0.4 is 5.32 Å². The maximum absolute atomic E-state index is 11.6. The van der Waals surface area contributed by atoms with Crippen molar-refractivity contribution in [1.82, 2.24) is 15.1 Å². The van der Waals surface area contributed by atoms with Gasteiger partial charge in [-0.15, -0.1) is 0 Å². The summed E-state index contributed by atoms with van der Waals surface area (Å²) in [4.78, 5) is 19.2. The van der Waals surface area contributed by atoms with E-state index in [1.165, 1.54) is 12.4 Å². The van der Waals surface area contributed by atoms with Gasteiger partial charge in [0.1, 0.15) is 16.6 Å². The summed E-state index contributed by atoms with van der Waals surface area (Å²) in [6, 6.07) is 1.59. The molecule has 0 aliphatic heterocycles. The average Bonchev–Trinajstić information content (AvgIpc) is 2.64. The largest absolute Gasteiger partial charge is 0.360 e. The monoisotopic (exact) mass is 238 g/mol. The van der Waals surface area contributed by atoms with Crippen molar-refractivity contribution in [2.24, 2.45) is 0 Å². The Kier molecular flexibility index (Phi) is 2.82. The third-order valence-electron chi connectivity index (χ3n) is 1.71. The fourth-order valence-corrected chi connectivity index (χ4v) is 1.20. The second-order valence-corrected chi connectivity index (χ2v) is 3.39. The third-order valence-corrected chi connectivity index (χ3v) is 1.89. The number of anilines is 1. The molecule has 0 aromatic carbocycles. The molecular formula is C9H7ClN4O2. The molecule has 0 bridgehead atoms. The van der Waals surface area contributed by atoms with Gasteiger partial charge >= 0.3 is 0 Å².